The molecule has 5 nitrogen and oxygen atoms in total. The van der Waals surface area contributed by atoms with Gasteiger partial charge in [0.25, 0.3) is 5.91 Å². The highest BCUT2D eigenvalue weighted by atomic mass is 16.2. The SMILES string of the molecule is CCCN(CCC)C(=O)c1cn(-c2ccc(C)cc2)nn1. The second-order valence-corrected chi connectivity index (χ2v) is 5.18. The van der Waals surface area contributed by atoms with Gasteiger partial charge >= 0.3 is 0 Å². The first kappa shape index (κ1) is 15.2. The zero-order valence-electron chi connectivity index (χ0n) is 12.9. The molecule has 0 aliphatic carbocycles. The molecule has 2 aromatic rings. The minimum Gasteiger partial charge on any atom is -0.337 e. The Kier molecular flexibility index (Phi) is 5.09. The van der Waals surface area contributed by atoms with Crippen molar-refractivity contribution >= 4 is 5.91 Å². The second-order valence-electron chi connectivity index (χ2n) is 5.18. The third-order valence-electron chi connectivity index (χ3n) is 3.29. The normalized spacial score (nSPS) is 10.6. The number of nitrogens with zero attached hydrogens (tertiary/aromatic N) is 4. The van der Waals surface area contributed by atoms with Gasteiger partial charge in [-0.05, 0) is 31.9 Å². The van der Waals surface area contributed by atoms with Crippen LogP contribution in [0.2, 0.25) is 0 Å². The van der Waals surface area contributed by atoms with Crippen molar-refractivity contribution in [1.82, 2.24) is 19.9 Å². The summed E-state index contributed by atoms with van der Waals surface area (Å²) in [6.07, 6.45) is 3.58. The number of amides is 1. The van der Waals surface area contributed by atoms with Crippen LogP contribution in [0, 0.1) is 6.92 Å². The molecule has 21 heavy (non-hydrogen) atoms. The van der Waals surface area contributed by atoms with E-state index in [4.69, 9.17) is 0 Å². The Morgan fingerprint density at radius 1 is 1.14 bits per heavy atom. The molecule has 0 aliphatic heterocycles. The molecule has 0 bridgehead atoms. The molecule has 0 saturated heterocycles. The molecule has 0 spiro atoms. The first-order valence-electron chi connectivity index (χ1n) is 7.44. The van der Waals surface area contributed by atoms with E-state index in [1.165, 1.54) is 5.56 Å². The molecule has 0 atom stereocenters. The maximum Gasteiger partial charge on any atom is 0.276 e. The van der Waals surface area contributed by atoms with Crippen LogP contribution in [0.15, 0.2) is 30.5 Å². The molecule has 1 heterocycles. The standard InChI is InChI=1S/C16H22N4O/c1-4-10-19(11-5-2)16(21)15-12-20(18-17-15)14-8-6-13(3)7-9-14/h6-9,12H,4-5,10-11H2,1-3H3. The summed E-state index contributed by atoms with van der Waals surface area (Å²) in [6.45, 7) is 7.68. The van der Waals surface area contributed by atoms with Crippen molar-refractivity contribution < 1.29 is 4.79 Å². The van der Waals surface area contributed by atoms with Gasteiger partial charge in [-0.3, -0.25) is 4.79 Å². The predicted molar refractivity (Wildman–Crippen MR) is 82.6 cm³/mol. The van der Waals surface area contributed by atoms with Gasteiger partial charge in [0.05, 0.1) is 11.9 Å². The highest BCUT2D eigenvalue weighted by molar-refractivity contribution is 5.92. The molecular formula is C16H22N4O. The van der Waals surface area contributed by atoms with Crippen molar-refractivity contribution in [3.63, 3.8) is 0 Å². The Labute approximate surface area is 125 Å². The van der Waals surface area contributed by atoms with Gasteiger partial charge in [-0.2, -0.15) is 0 Å². The molecule has 1 aromatic carbocycles. The van der Waals surface area contributed by atoms with Gasteiger partial charge in [-0.1, -0.05) is 36.8 Å². The number of hydrogen-bond donors (Lipinski definition) is 0. The quantitative estimate of drug-likeness (QED) is 0.820. The molecule has 0 saturated carbocycles. The Morgan fingerprint density at radius 3 is 2.33 bits per heavy atom. The maximum absolute atomic E-state index is 12.4. The Hall–Kier alpha value is -2.17. The lowest BCUT2D eigenvalue weighted by atomic mass is 10.2. The minimum atomic E-state index is -0.0444. The number of carbonyl (C=O) groups excluding carboxylic acids is 1. The Morgan fingerprint density at radius 2 is 1.76 bits per heavy atom. The van der Waals surface area contributed by atoms with E-state index in [2.05, 4.69) is 24.2 Å². The highest BCUT2D eigenvalue weighted by Crippen LogP contribution is 2.10. The molecule has 0 unspecified atom stereocenters. The molecule has 2 rings (SSSR count). The van der Waals surface area contributed by atoms with E-state index in [9.17, 15) is 4.79 Å². The topological polar surface area (TPSA) is 51.0 Å². The maximum atomic E-state index is 12.4. The summed E-state index contributed by atoms with van der Waals surface area (Å²) in [7, 11) is 0. The fraction of sp³-hybridized carbons (Fsp3) is 0.438. The largest absolute Gasteiger partial charge is 0.337 e. The molecule has 0 N–H and O–H groups in total. The lowest BCUT2D eigenvalue weighted by Gasteiger charge is -2.19. The summed E-state index contributed by atoms with van der Waals surface area (Å²) in [5.74, 6) is -0.0444. The van der Waals surface area contributed by atoms with Crippen molar-refractivity contribution in [2.75, 3.05) is 13.1 Å². The van der Waals surface area contributed by atoms with Crippen molar-refractivity contribution in [2.45, 2.75) is 33.6 Å². The van der Waals surface area contributed by atoms with Crippen LogP contribution in [-0.4, -0.2) is 38.9 Å². The molecule has 0 fully saturated rings. The lowest BCUT2D eigenvalue weighted by Crippen LogP contribution is -2.32. The third-order valence-corrected chi connectivity index (χ3v) is 3.29. The number of carbonyl (C=O) groups is 1. The van der Waals surface area contributed by atoms with Crippen molar-refractivity contribution in [2.24, 2.45) is 0 Å². The van der Waals surface area contributed by atoms with E-state index >= 15 is 0 Å². The zero-order valence-corrected chi connectivity index (χ0v) is 12.9. The van der Waals surface area contributed by atoms with E-state index in [0.29, 0.717) is 5.69 Å². The van der Waals surface area contributed by atoms with Crippen LogP contribution >= 0.6 is 0 Å². The van der Waals surface area contributed by atoms with Crippen molar-refractivity contribution in [3.8, 4) is 5.69 Å². The van der Waals surface area contributed by atoms with Crippen molar-refractivity contribution in [3.05, 3.63) is 41.7 Å². The van der Waals surface area contributed by atoms with Crippen LogP contribution in [0.3, 0.4) is 0 Å². The van der Waals surface area contributed by atoms with E-state index < -0.39 is 0 Å². The first-order chi connectivity index (χ1) is 10.2. The smallest absolute Gasteiger partial charge is 0.276 e. The van der Waals surface area contributed by atoms with Crippen LogP contribution in [0.5, 0.6) is 0 Å². The van der Waals surface area contributed by atoms with Crippen LogP contribution < -0.4 is 0 Å². The van der Waals surface area contributed by atoms with Crippen LogP contribution in [0.4, 0.5) is 0 Å². The number of aromatic nitrogens is 3. The average molecular weight is 286 g/mol. The predicted octanol–water partition coefficient (Wildman–Crippen LogP) is 2.84. The molecule has 112 valence electrons. The summed E-state index contributed by atoms with van der Waals surface area (Å²) in [4.78, 5) is 14.3. The van der Waals surface area contributed by atoms with Gasteiger partial charge in [-0.15, -0.1) is 5.10 Å². The van der Waals surface area contributed by atoms with Gasteiger partial charge in [0.2, 0.25) is 0 Å². The summed E-state index contributed by atoms with van der Waals surface area (Å²) in [6, 6.07) is 7.96. The minimum absolute atomic E-state index is 0.0444. The van der Waals surface area contributed by atoms with E-state index in [0.717, 1.165) is 31.6 Å². The third kappa shape index (κ3) is 3.68. The number of aryl methyl sites for hydroxylation is 1. The van der Waals surface area contributed by atoms with Crippen LogP contribution in [0.1, 0.15) is 42.7 Å². The van der Waals surface area contributed by atoms with E-state index in [1.54, 1.807) is 10.9 Å². The first-order valence-corrected chi connectivity index (χ1v) is 7.44. The van der Waals surface area contributed by atoms with Gasteiger partial charge in [0, 0.05) is 13.1 Å². The second kappa shape index (κ2) is 7.02. The molecule has 0 radical (unpaired) electrons. The molecule has 5 heteroatoms. The van der Waals surface area contributed by atoms with E-state index in [-0.39, 0.29) is 5.91 Å². The van der Waals surface area contributed by atoms with Gasteiger partial charge in [-0.25, -0.2) is 4.68 Å². The summed E-state index contributed by atoms with van der Waals surface area (Å²) >= 11 is 0. The monoisotopic (exact) mass is 286 g/mol. The Balaban J connectivity index is 2.18. The lowest BCUT2D eigenvalue weighted by molar-refractivity contribution is 0.0749. The number of hydrogen-bond acceptors (Lipinski definition) is 3. The van der Waals surface area contributed by atoms with Gasteiger partial charge in [0.1, 0.15) is 0 Å². The van der Waals surface area contributed by atoms with Crippen molar-refractivity contribution in [1.29, 1.82) is 0 Å². The molecule has 1 amide bonds. The summed E-state index contributed by atoms with van der Waals surface area (Å²) < 4.78 is 1.64. The number of rotatable bonds is 6. The summed E-state index contributed by atoms with van der Waals surface area (Å²) in [5, 5.41) is 8.08. The average Bonchev–Trinajstić information content (AvgIpc) is 2.97. The van der Waals surface area contributed by atoms with Gasteiger partial charge in [0.15, 0.2) is 5.69 Å². The highest BCUT2D eigenvalue weighted by Gasteiger charge is 2.18. The Bertz CT molecular complexity index is 583. The molecule has 1 aromatic heterocycles. The van der Waals surface area contributed by atoms with Gasteiger partial charge < -0.3 is 4.90 Å². The summed E-state index contributed by atoms with van der Waals surface area (Å²) in [5.41, 5.74) is 2.49. The molecular weight excluding hydrogens is 264 g/mol. The number of benzene rings is 1. The molecule has 0 aliphatic rings. The fourth-order valence-corrected chi connectivity index (χ4v) is 2.20. The zero-order chi connectivity index (χ0) is 15.2. The van der Waals surface area contributed by atoms with E-state index in [1.807, 2.05) is 36.1 Å². The van der Waals surface area contributed by atoms with Crippen LogP contribution in [-0.2, 0) is 0 Å². The van der Waals surface area contributed by atoms with Crippen LogP contribution in [0.25, 0.3) is 5.69 Å². The fourth-order valence-electron chi connectivity index (χ4n) is 2.20.